The number of nitrogens with zero attached hydrogens (tertiary/aromatic N) is 3. The molecular formula is C15H24N4O2. The lowest BCUT2D eigenvalue weighted by Crippen LogP contribution is -2.54. The van der Waals surface area contributed by atoms with Crippen molar-refractivity contribution in [2.24, 2.45) is 5.92 Å². The fourth-order valence-electron chi connectivity index (χ4n) is 3.18. The highest BCUT2D eigenvalue weighted by atomic mass is 16.2. The summed E-state index contributed by atoms with van der Waals surface area (Å²) in [4.78, 5) is 27.3. The van der Waals surface area contributed by atoms with E-state index < -0.39 is 0 Å². The molecule has 1 N–H and O–H groups in total. The van der Waals surface area contributed by atoms with Crippen LogP contribution in [0.1, 0.15) is 32.1 Å². The van der Waals surface area contributed by atoms with E-state index in [0.717, 1.165) is 32.5 Å². The van der Waals surface area contributed by atoms with E-state index in [2.05, 4.69) is 16.3 Å². The van der Waals surface area contributed by atoms with Crippen LogP contribution in [-0.4, -0.2) is 60.9 Å². The second-order valence-electron chi connectivity index (χ2n) is 6.04. The summed E-state index contributed by atoms with van der Waals surface area (Å²) >= 11 is 0. The van der Waals surface area contributed by atoms with E-state index in [1.54, 1.807) is 11.9 Å². The average molecular weight is 292 g/mol. The number of nitrogens with one attached hydrogen (secondary N) is 1. The van der Waals surface area contributed by atoms with Crippen LogP contribution < -0.4 is 5.32 Å². The first-order valence-corrected chi connectivity index (χ1v) is 7.73. The fourth-order valence-corrected chi connectivity index (χ4v) is 3.18. The molecule has 2 unspecified atom stereocenters. The minimum Gasteiger partial charge on any atom is -0.353 e. The first-order valence-electron chi connectivity index (χ1n) is 7.73. The first-order chi connectivity index (χ1) is 10.1. The normalized spacial score (nSPS) is 25.6. The molecule has 0 saturated carbocycles. The molecule has 2 aliphatic heterocycles. The smallest absolute Gasteiger partial charge is 0.223 e. The van der Waals surface area contributed by atoms with Gasteiger partial charge in [-0.3, -0.25) is 9.59 Å². The molecule has 2 rings (SSSR count). The fraction of sp³-hybridized carbons (Fsp3) is 0.800. The van der Waals surface area contributed by atoms with Gasteiger partial charge in [0.15, 0.2) is 0 Å². The predicted molar refractivity (Wildman–Crippen MR) is 78.2 cm³/mol. The topological polar surface area (TPSA) is 76.4 Å². The Balaban J connectivity index is 1.71. The lowest BCUT2D eigenvalue weighted by Gasteiger charge is -2.41. The van der Waals surface area contributed by atoms with Crippen LogP contribution in [0.2, 0.25) is 0 Å². The third kappa shape index (κ3) is 4.43. The van der Waals surface area contributed by atoms with E-state index in [4.69, 9.17) is 5.26 Å². The Bertz CT molecular complexity index is 432. The van der Waals surface area contributed by atoms with Gasteiger partial charge in [0.05, 0.1) is 12.5 Å². The van der Waals surface area contributed by atoms with E-state index in [0.29, 0.717) is 37.8 Å². The molecule has 2 amide bonds. The molecule has 6 heteroatoms. The van der Waals surface area contributed by atoms with Gasteiger partial charge in [0, 0.05) is 52.1 Å². The van der Waals surface area contributed by atoms with Crippen molar-refractivity contribution in [3.8, 4) is 6.07 Å². The Labute approximate surface area is 126 Å². The SMILES string of the molecule is CN(CCC#N)C(=O)CCN1CCC2NC(=O)CCC2C1. The van der Waals surface area contributed by atoms with Crippen molar-refractivity contribution in [2.45, 2.75) is 38.1 Å². The Morgan fingerprint density at radius 1 is 1.52 bits per heavy atom. The van der Waals surface area contributed by atoms with Crippen molar-refractivity contribution in [3.63, 3.8) is 0 Å². The minimum atomic E-state index is 0.101. The maximum absolute atomic E-state index is 12.0. The first kappa shape index (κ1) is 15.8. The molecule has 0 aromatic rings. The summed E-state index contributed by atoms with van der Waals surface area (Å²) in [5.41, 5.74) is 0. The molecule has 2 atom stereocenters. The Morgan fingerprint density at radius 2 is 2.33 bits per heavy atom. The van der Waals surface area contributed by atoms with Crippen molar-refractivity contribution < 1.29 is 9.59 Å². The van der Waals surface area contributed by atoms with E-state index in [1.807, 2.05) is 0 Å². The quantitative estimate of drug-likeness (QED) is 0.793. The molecule has 21 heavy (non-hydrogen) atoms. The van der Waals surface area contributed by atoms with Crippen molar-refractivity contribution in [1.82, 2.24) is 15.1 Å². The van der Waals surface area contributed by atoms with E-state index in [1.165, 1.54) is 0 Å². The molecule has 2 saturated heterocycles. The second kappa shape index (κ2) is 7.41. The number of fused-ring (bicyclic) bond motifs is 1. The Kier molecular flexibility index (Phi) is 5.57. The molecule has 0 aliphatic carbocycles. The van der Waals surface area contributed by atoms with Gasteiger partial charge in [-0.15, -0.1) is 0 Å². The van der Waals surface area contributed by atoms with Gasteiger partial charge in [-0.05, 0) is 18.8 Å². The van der Waals surface area contributed by atoms with Crippen LogP contribution in [0.3, 0.4) is 0 Å². The molecule has 0 radical (unpaired) electrons. The lowest BCUT2D eigenvalue weighted by atomic mass is 9.85. The summed E-state index contributed by atoms with van der Waals surface area (Å²) < 4.78 is 0. The average Bonchev–Trinajstić information content (AvgIpc) is 2.50. The molecule has 0 bridgehead atoms. The summed E-state index contributed by atoms with van der Waals surface area (Å²) in [6, 6.07) is 2.38. The van der Waals surface area contributed by atoms with Crippen LogP contribution in [0.4, 0.5) is 0 Å². The number of piperidine rings is 2. The minimum absolute atomic E-state index is 0.101. The number of carbonyl (C=O) groups is 2. The monoisotopic (exact) mass is 292 g/mol. The molecule has 0 aromatic carbocycles. The zero-order valence-corrected chi connectivity index (χ0v) is 12.7. The zero-order chi connectivity index (χ0) is 15.2. The van der Waals surface area contributed by atoms with Gasteiger partial charge in [-0.25, -0.2) is 0 Å². The van der Waals surface area contributed by atoms with Crippen LogP contribution >= 0.6 is 0 Å². The van der Waals surface area contributed by atoms with Gasteiger partial charge in [-0.2, -0.15) is 5.26 Å². The molecule has 2 fully saturated rings. The largest absolute Gasteiger partial charge is 0.353 e. The van der Waals surface area contributed by atoms with Crippen LogP contribution in [0, 0.1) is 17.2 Å². The van der Waals surface area contributed by atoms with Crippen molar-refractivity contribution in [2.75, 3.05) is 33.2 Å². The molecule has 116 valence electrons. The highest BCUT2D eigenvalue weighted by Gasteiger charge is 2.33. The molecule has 2 aliphatic rings. The summed E-state index contributed by atoms with van der Waals surface area (Å²) in [6.07, 6.45) is 3.46. The van der Waals surface area contributed by atoms with Gasteiger partial charge < -0.3 is 15.1 Å². The van der Waals surface area contributed by atoms with Gasteiger partial charge in [0.25, 0.3) is 0 Å². The number of amides is 2. The Morgan fingerprint density at radius 3 is 3.10 bits per heavy atom. The lowest BCUT2D eigenvalue weighted by molar-refractivity contribution is -0.130. The van der Waals surface area contributed by atoms with Gasteiger partial charge in [-0.1, -0.05) is 0 Å². The molecule has 2 heterocycles. The van der Waals surface area contributed by atoms with E-state index >= 15 is 0 Å². The van der Waals surface area contributed by atoms with Gasteiger partial charge in [0.1, 0.15) is 0 Å². The van der Waals surface area contributed by atoms with Crippen LogP contribution in [0.5, 0.6) is 0 Å². The van der Waals surface area contributed by atoms with Crippen LogP contribution in [0.15, 0.2) is 0 Å². The number of hydrogen-bond donors (Lipinski definition) is 1. The van der Waals surface area contributed by atoms with Crippen molar-refractivity contribution in [3.05, 3.63) is 0 Å². The zero-order valence-electron chi connectivity index (χ0n) is 12.7. The van der Waals surface area contributed by atoms with Crippen molar-refractivity contribution in [1.29, 1.82) is 5.26 Å². The number of rotatable bonds is 5. The second-order valence-corrected chi connectivity index (χ2v) is 6.04. The van der Waals surface area contributed by atoms with E-state index in [-0.39, 0.29) is 11.8 Å². The summed E-state index contributed by atoms with van der Waals surface area (Å²) in [7, 11) is 1.75. The highest BCUT2D eigenvalue weighted by molar-refractivity contribution is 5.77. The van der Waals surface area contributed by atoms with Gasteiger partial charge in [0.2, 0.25) is 11.8 Å². The molecular weight excluding hydrogens is 268 g/mol. The number of likely N-dealkylation sites (tertiary alicyclic amines) is 1. The van der Waals surface area contributed by atoms with Crippen LogP contribution in [0.25, 0.3) is 0 Å². The standard InChI is InChI=1S/C15H24N4O2/c1-18(8-2-7-16)15(21)6-10-19-9-5-13-12(11-19)3-4-14(20)17-13/h12-13H,2-6,8-11H2,1H3,(H,17,20). The maximum Gasteiger partial charge on any atom is 0.223 e. The van der Waals surface area contributed by atoms with Crippen LogP contribution in [-0.2, 0) is 9.59 Å². The third-order valence-corrected chi connectivity index (χ3v) is 4.53. The summed E-state index contributed by atoms with van der Waals surface area (Å²) in [6.45, 7) is 3.19. The summed E-state index contributed by atoms with van der Waals surface area (Å²) in [5.74, 6) is 0.811. The molecule has 0 spiro atoms. The third-order valence-electron chi connectivity index (χ3n) is 4.53. The Hall–Kier alpha value is -1.61. The van der Waals surface area contributed by atoms with Crippen molar-refractivity contribution >= 4 is 11.8 Å². The predicted octanol–water partition coefficient (Wildman–Crippen LogP) is 0.349. The number of nitriles is 1. The summed E-state index contributed by atoms with van der Waals surface area (Å²) in [5, 5.41) is 11.6. The molecule has 0 aromatic heterocycles. The van der Waals surface area contributed by atoms with E-state index in [9.17, 15) is 9.59 Å². The number of hydrogen-bond acceptors (Lipinski definition) is 4. The number of carbonyl (C=O) groups excluding carboxylic acids is 2. The highest BCUT2D eigenvalue weighted by Crippen LogP contribution is 2.25. The maximum atomic E-state index is 12.0. The molecule has 6 nitrogen and oxygen atoms in total. The van der Waals surface area contributed by atoms with Gasteiger partial charge >= 0.3 is 0 Å².